The lowest BCUT2D eigenvalue weighted by molar-refractivity contribution is 0.0744. The van der Waals surface area contributed by atoms with Gasteiger partial charge in [-0.2, -0.15) is 4.98 Å². The summed E-state index contributed by atoms with van der Waals surface area (Å²) in [6, 6.07) is 10.2. The van der Waals surface area contributed by atoms with Gasteiger partial charge in [-0.3, -0.25) is 4.79 Å². The molecule has 4 rings (SSSR count). The van der Waals surface area contributed by atoms with Gasteiger partial charge in [0.05, 0.1) is 0 Å². The zero-order valence-electron chi connectivity index (χ0n) is 14.4. The molecule has 1 aromatic carbocycles. The number of oxazole rings is 1. The van der Waals surface area contributed by atoms with Crippen molar-refractivity contribution in [3.05, 3.63) is 53.2 Å². The van der Waals surface area contributed by atoms with E-state index in [0.717, 1.165) is 11.1 Å². The van der Waals surface area contributed by atoms with Crippen molar-refractivity contribution in [3.8, 4) is 0 Å². The van der Waals surface area contributed by atoms with Crippen LogP contribution in [-0.2, 0) is 0 Å². The van der Waals surface area contributed by atoms with Crippen LogP contribution in [0.1, 0.15) is 21.5 Å². The molecule has 0 unspecified atom stereocenters. The molecule has 1 fully saturated rings. The highest BCUT2D eigenvalue weighted by Crippen LogP contribution is 2.22. The second-order valence-electron chi connectivity index (χ2n) is 6.42. The number of hydrogen-bond donors (Lipinski definition) is 0. The summed E-state index contributed by atoms with van der Waals surface area (Å²) in [5, 5.41) is 0. The summed E-state index contributed by atoms with van der Waals surface area (Å²) in [5.41, 5.74) is 4.28. The minimum Gasteiger partial charge on any atom is -0.422 e. The molecule has 25 heavy (non-hydrogen) atoms. The van der Waals surface area contributed by atoms with E-state index in [-0.39, 0.29) is 5.91 Å². The van der Waals surface area contributed by atoms with Gasteiger partial charge in [0, 0.05) is 37.9 Å². The Bertz CT molecular complexity index is 893. The van der Waals surface area contributed by atoms with Gasteiger partial charge in [-0.15, -0.1) is 0 Å². The number of pyridine rings is 1. The molecular formula is C19H20N4O2. The molecule has 3 aromatic rings. The number of carbonyl (C=O) groups is 1. The Kier molecular flexibility index (Phi) is 3.87. The number of hydrogen-bond acceptors (Lipinski definition) is 5. The van der Waals surface area contributed by atoms with Crippen LogP contribution >= 0.6 is 0 Å². The maximum atomic E-state index is 12.8. The first kappa shape index (κ1) is 15.6. The molecule has 2 aromatic heterocycles. The van der Waals surface area contributed by atoms with E-state index in [9.17, 15) is 4.79 Å². The summed E-state index contributed by atoms with van der Waals surface area (Å²) in [5.74, 6) is 0.0939. The molecule has 0 radical (unpaired) electrons. The van der Waals surface area contributed by atoms with Crippen LogP contribution in [0.4, 0.5) is 6.01 Å². The van der Waals surface area contributed by atoms with Crippen LogP contribution < -0.4 is 4.90 Å². The quantitative estimate of drug-likeness (QED) is 0.720. The van der Waals surface area contributed by atoms with Crippen LogP contribution in [0.15, 0.2) is 40.9 Å². The van der Waals surface area contributed by atoms with E-state index in [2.05, 4.69) is 20.9 Å². The fraction of sp³-hybridized carbons (Fsp3) is 0.316. The molecule has 0 N–H and O–H groups in total. The second kappa shape index (κ2) is 6.20. The Morgan fingerprint density at radius 3 is 2.64 bits per heavy atom. The molecular weight excluding hydrogens is 316 g/mol. The lowest BCUT2D eigenvalue weighted by Gasteiger charge is -2.34. The third kappa shape index (κ3) is 2.95. The van der Waals surface area contributed by atoms with Crippen molar-refractivity contribution in [3.63, 3.8) is 0 Å². The van der Waals surface area contributed by atoms with Crippen molar-refractivity contribution in [1.82, 2.24) is 14.9 Å². The van der Waals surface area contributed by atoms with E-state index in [0.29, 0.717) is 43.4 Å². The first-order valence-corrected chi connectivity index (χ1v) is 8.45. The van der Waals surface area contributed by atoms with E-state index >= 15 is 0 Å². The Morgan fingerprint density at radius 2 is 1.92 bits per heavy atom. The molecule has 1 aliphatic heterocycles. The number of piperazine rings is 1. The molecule has 0 aliphatic carbocycles. The SMILES string of the molecule is Cc1ccc(C(=O)N2CCN(c3nc4ncccc4o3)CC2)c(C)c1. The van der Waals surface area contributed by atoms with Gasteiger partial charge in [0.25, 0.3) is 11.9 Å². The molecule has 6 heteroatoms. The molecule has 0 saturated carbocycles. The van der Waals surface area contributed by atoms with Gasteiger partial charge in [0.2, 0.25) is 5.65 Å². The zero-order valence-corrected chi connectivity index (χ0v) is 14.4. The fourth-order valence-corrected chi connectivity index (χ4v) is 3.22. The smallest absolute Gasteiger partial charge is 0.300 e. The molecule has 128 valence electrons. The van der Waals surface area contributed by atoms with Crippen LogP contribution in [0.3, 0.4) is 0 Å². The van der Waals surface area contributed by atoms with Crippen molar-refractivity contribution in [2.45, 2.75) is 13.8 Å². The minimum atomic E-state index is 0.0939. The summed E-state index contributed by atoms with van der Waals surface area (Å²) >= 11 is 0. The van der Waals surface area contributed by atoms with Crippen LogP contribution in [0.25, 0.3) is 11.2 Å². The van der Waals surface area contributed by atoms with Gasteiger partial charge in [-0.25, -0.2) is 4.98 Å². The van der Waals surface area contributed by atoms with E-state index in [4.69, 9.17) is 4.42 Å². The van der Waals surface area contributed by atoms with Crippen LogP contribution in [0.5, 0.6) is 0 Å². The van der Waals surface area contributed by atoms with Crippen molar-refractivity contribution < 1.29 is 9.21 Å². The van der Waals surface area contributed by atoms with E-state index in [1.165, 1.54) is 5.56 Å². The number of nitrogens with zero attached hydrogens (tertiary/aromatic N) is 4. The predicted molar refractivity (Wildman–Crippen MR) is 95.8 cm³/mol. The number of fused-ring (bicyclic) bond motifs is 1. The lowest BCUT2D eigenvalue weighted by atomic mass is 10.0. The molecule has 1 aliphatic rings. The third-order valence-corrected chi connectivity index (χ3v) is 4.60. The van der Waals surface area contributed by atoms with Gasteiger partial charge >= 0.3 is 0 Å². The maximum Gasteiger partial charge on any atom is 0.300 e. The Morgan fingerprint density at radius 1 is 1.12 bits per heavy atom. The fourth-order valence-electron chi connectivity index (χ4n) is 3.22. The van der Waals surface area contributed by atoms with Crippen molar-refractivity contribution in [2.24, 2.45) is 0 Å². The first-order valence-electron chi connectivity index (χ1n) is 8.45. The molecule has 3 heterocycles. The topological polar surface area (TPSA) is 62.5 Å². The summed E-state index contributed by atoms with van der Waals surface area (Å²) in [6.07, 6.45) is 1.70. The maximum absolute atomic E-state index is 12.8. The van der Waals surface area contributed by atoms with Crippen LogP contribution in [0.2, 0.25) is 0 Å². The van der Waals surface area contributed by atoms with Gasteiger partial charge in [-0.05, 0) is 37.6 Å². The summed E-state index contributed by atoms with van der Waals surface area (Å²) < 4.78 is 5.77. The highest BCUT2D eigenvalue weighted by Gasteiger charge is 2.25. The Balaban J connectivity index is 1.46. The molecule has 0 spiro atoms. The Hall–Kier alpha value is -2.89. The van der Waals surface area contributed by atoms with Crippen molar-refractivity contribution in [1.29, 1.82) is 0 Å². The number of anilines is 1. The third-order valence-electron chi connectivity index (χ3n) is 4.60. The predicted octanol–water partition coefficient (Wildman–Crippen LogP) is 2.80. The van der Waals surface area contributed by atoms with E-state index in [1.807, 2.05) is 43.0 Å². The van der Waals surface area contributed by atoms with Gasteiger partial charge < -0.3 is 14.2 Å². The highest BCUT2D eigenvalue weighted by atomic mass is 16.4. The van der Waals surface area contributed by atoms with Gasteiger partial charge in [0.1, 0.15) is 0 Å². The van der Waals surface area contributed by atoms with Crippen molar-refractivity contribution in [2.75, 3.05) is 31.1 Å². The van der Waals surface area contributed by atoms with Crippen molar-refractivity contribution >= 4 is 23.2 Å². The molecule has 0 bridgehead atoms. The first-order chi connectivity index (χ1) is 12.1. The second-order valence-corrected chi connectivity index (χ2v) is 6.42. The van der Waals surface area contributed by atoms with Gasteiger partial charge in [-0.1, -0.05) is 17.7 Å². The minimum absolute atomic E-state index is 0.0939. The molecule has 6 nitrogen and oxygen atoms in total. The summed E-state index contributed by atoms with van der Waals surface area (Å²) in [4.78, 5) is 25.4. The largest absolute Gasteiger partial charge is 0.422 e. The standard InChI is InChI=1S/C19H20N4O2/c1-13-5-6-15(14(2)12-13)18(24)22-8-10-23(11-9-22)19-21-17-16(25-19)4-3-7-20-17/h3-7,12H,8-11H2,1-2H3. The average molecular weight is 336 g/mol. The molecule has 1 saturated heterocycles. The number of aromatic nitrogens is 2. The Labute approximate surface area is 146 Å². The summed E-state index contributed by atoms with van der Waals surface area (Å²) in [7, 11) is 0. The number of rotatable bonds is 2. The zero-order chi connectivity index (χ0) is 17.4. The highest BCUT2D eigenvalue weighted by molar-refractivity contribution is 5.95. The number of aryl methyl sites for hydroxylation is 2. The number of benzene rings is 1. The monoisotopic (exact) mass is 336 g/mol. The van der Waals surface area contributed by atoms with Gasteiger partial charge in [0.15, 0.2) is 5.58 Å². The molecule has 1 amide bonds. The normalized spacial score (nSPS) is 15.0. The number of carbonyl (C=O) groups excluding carboxylic acids is 1. The van der Waals surface area contributed by atoms with Crippen LogP contribution in [-0.4, -0.2) is 47.0 Å². The van der Waals surface area contributed by atoms with E-state index < -0.39 is 0 Å². The average Bonchev–Trinajstić information content (AvgIpc) is 3.05. The lowest BCUT2D eigenvalue weighted by Crippen LogP contribution is -2.49. The van der Waals surface area contributed by atoms with Crippen LogP contribution in [0, 0.1) is 13.8 Å². The number of amides is 1. The van der Waals surface area contributed by atoms with E-state index in [1.54, 1.807) is 6.20 Å². The molecule has 0 atom stereocenters. The summed E-state index contributed by atoms with van der Waals surface area (Å²) in [6.45, 7) is 6.72.